The van der Waals surface area contributed by atoms with Crippen molar-refractivity contribution in [2.45, 2.75) is 12.6 Å². The van der Waals surface area contributed by atoms with Crippen LogP contribution >= 0.6 is 11.3 Å². The molecule has 3 nitrogen and oxygen atoms in total. The molecule has 7 heteroatoms. The molecule has 1 aromatic heterocycles. The van der Waals surface area contributed by atoms with Crippen LogP contribution in [0, 0.1) is 0 Å². The van der Waals surface area contributed by atoms with Crippen molar-refractivity contribution in [2.24, 2.45) is 0 Å². The highest BCUT2D eigenvalue weighted by molar-refractivity contribution is 7.16. The van der Waals surface area contributed by atoms with E-state index < -0.39 is 12.8 Å². The van der Waals surface area contributed by atoms with Gasteiger partial charge in [0.05, 0.1) is 5.69 Å². The van der Waals surface area contributed by atoms with Crippen LogP contribution in [0.4, 0.5) is 18.3 Å². The molecule has 0 fully saturated rings. The molecule has 112 valence electrons. The molecule has 0 atom stereocenters. The van der Waals surface area contributed by atoms with Gasteiger partial charge in [-0.05, 0) is 23.8 Å². The quantitative estimate of drug-likeness (QED) is 0.737. The number of alkyl halides is 3. The standard InChI is InChI=1S/C14H13F3N2OS/c1-19(2)13-18-12-10-4-3-9(20-7-14(15,16)17)5-8(10)6-11(12)21-13/h3-5H,6-7H2,1-2H3. The summed E-state index contributed by atoms with van der Waals surface area (Å²) in [4.78, 5) is 7.66. The Morgan fingerprint density at radius 3 is 2.76 bits per heavy atom. The van der Waals surface area contributed by atoms with Gasteiger partial charge < -0.3 is 9.64 Å². The van der Waals surface area contributed by atoms with E-state index in [2.05, 4.69) is 4.98 Å². The molecule has 0 aliphatic heterocycles. The minimum absolute atomic E-state index is 0.245. The monoisotopic (exact) mass is 314 g/mol. The Kier molecular flexibility index (Phi) is 3.32. The zero-order valence-electron chi connectivity index (χ0n) is 11.5. The zero-order chi connectivity index (χ0) is 15.2. The highest BCUT2D eigenvalue weighted by Gasteiger charge is 2.29. The normalized spacial score (nSPS) is 13.0. The topological polar surface area (TPSA) is 25.4 Å². The summed E-state index contributed by atoms with van der Waals surface area (Å²) < 4.78 is 41.3. The van der Waals surface area contributed by atoms with Gasteiger partial charge in [-0.25, -0.2) is 4.98 Å². The van der Waals surface area contributed by atoms with Gasteiger partial charge >= 0.3 is 6.18 Å². The average molecular weight is 314 g/mol. The molecule has 0 amide bonds. The van der Waals surface area contributed by atoms with Gasteiger partial charge in [-0.15, -0.1) is 11.3 Å². The first-order valence-electron chi connectivity index (χ1n) is 6.33. The second-order valence-corrected chi connectivity index (χ2v) is 6.12. The van der Waals surface area contributed by atoms with E-state index in [-0.39, 0.29) is 5.75 Å². The molecule has 0 unspecified atom stereocenters. The van der Waals surface area contributed by atoms with Crippen molar-refractivity contribution in [1.82, 2.24) is 4.98 Å². The van der Waals surface area contributed by atoms with Gasteiger partial charge in [-0.2, -0.15) is 13.2 Å². The molecule has 21 heavy (non-hydrogen) atoms. The van der Waals surface area contributed by atoms with E-state index >= 15 is 0 Å². The van der Waals surface area contributed by atoms with Gasteiger partial charge in [0.15, 0.2) is 11.7 Å². The lowest BCUT2D eigenvalue weighted by molar-refractivity contribution is -0.153. The van der Waals surface area contributed by atoms with Crippen molar-refractivity contribution in [3.63, 3.8) is 0 Å². The van der Waals surface area contributed by atoms with Gasteiger partial charge in [-0.1, -0.05) is 0 Å². The number of hydrogen-bond donors (Lipinski definition) is 0. The Labute approximate surface area is 124 Å². The van der Waals surface area contributed by atoms with Gasteiger partial charge in [0.2, 0.25) is 0 Å². The fourth-order valence-electron chi connectivity index (χ4n) is 2.24. The summed E-state index contributed by atoms with van der Waals surface area (Å²) in [5.41, 5.74) is 2.88. The predicted octanol–water partition coefficient (Wildman–Crippen LogP) is 3.72. The lowest BCUT2D eigenvalue weighted by Gasteiger charge is -2.10. The summed E-state index contributed by atoms with van der Waals surface area (Å²) in [5, 5.41) is 0.933. The Hall–Kier alpha value is -1.76. The van der Waals surface area contributed by atoms with Gasteiger partial charge in [0.25, 0.3) is 0 Å². The summed E-state index contributed by atoms with van der Waals surface area (Å²) >= 11 is 1.60. The summed E-state index contributed by atoms with van der Waals surface area (Å²) in [7, 11) is 3.87. The van der Waals surface area contributed by atoms with Crippen LogP contribution in [0.3, 0.4) is 0 Å². The summed E-state index contributed by atoms with van der Waals surface area (Å²) in [6, 6.07) is 5.02. The molecule has 0 saturated carbocycles. The number of rotatable bonds is 3. The SMILES string of the molecule is CN(C)c1nc2c(s1)Cc1cc(OCC(F)(F)F)ccc1-2. The molecule has 1 aliphatic carbocycles. The molecule has 0 radical (unpaired) electrons. The van der Waals surface area contributed by atoms with Crippen LogP contribution in [0.2, 0.25) is 0 Å². The largest absolute Gasteiger partial charge is 0.484 e. The van der Waals surface area contributed by atoms with E-state index in [0.717, 1.165) is 26.8 Å². The maximum Gasteiger partial charge on any atom is 0.422 e. The second-order valence-electron chi connectivity index (χ2n) is 5.06. The van der Waals surface area contributed by atoms with E-state index in [1.54, 1.807) is 29.5 Å². The number of benzene rings is 1. The number of ether oxygens (including phenoxy) is 1. The molecular weight excluding hydrogens is 301 g/mol. The van der Waals surface area contributed by atoms with E-state index in [1.165, 1.54) is 0 Å². The number of fused-ring (bicyclic) bond motifs is 3. The van der Waals surface area contributed by atoms with Crippen LogP contribution in [0.15, 0.2) is 18.2 Å². The lowest BCUT2D eigenvalue weighted by Crippen LogP contribution is -2.19. The lowest BCUT2D eigenvalue weighted by atomic mass is 10.1. The van der Waals surface area contributed by atoms with Gasteiger partial charge in [0.1, 0.15) is 5.75 Å². The third kappa shape index (κ3) is 2.83. The van der Waals surface area contributed by atoms with Crippen molar-refractivity contribution in [2.75, 3.05) is 25.6 Å². The molecule has 2 aromatic rings. The molecule has 0 saturated heterocycles. The van der Waals surface area contributed by atoms with Crippen LogP contribution in [0.5, 0.6) is 5.75 Å². The first-order chi connectivity index (χ1) is 9.83. The van der Waals surface area contributed by atoms with Crippen LogP contribution < -0.4 is 9.64 Å². The third-order valence-electron chi connectivity index (χ3n) is 3.15. The Morgan fingerprint density at radius 2 is 2.10 bits per heavy atom. The Balaban J connectivity index is 1.83. The smallest absolute Gasteiger partial charge is 0.422 e. The molecule has 1 heterocycles. The van der Waals surface area contributed by atoms with E-state index in [4.69, 9.17) is 4.74 Å². The third-order valence-corrected chi connectivity index (χ3v) is 4.38. The van der Waals surface area contributed by atoms with Crippen molar-refractivity contribution >= 4 is 16.5 Å². The van der Waals surface area contributed by atoms with Crippen LogP contribution in [0.1, 0.15) is 10.4 Å². The summed E-state index contributed by atoms with van der Waals surface area (Å²) in [6.07, 6.45) is -3.63. The van der Waals surface area contributed by atoms with E-state index in [0.29, 0.717) is 6.42 Å². The highest BCUT2D eigenvalue weighted by atomic mass is 32.1. The number of aromatic nitrogens is 1. The number of halogens is 3. The molecule has 3 rings (SSSR count). The maximum atomic E-state index is 12.2. The number of thiazole rings is 1. The number of hydrogen-bond acceptors (Lipinski definition) is 4. The van der Waals surface area contributed by atoms with Crippen LogP contribution in [0.25, 0.3) is 11.3 Å². The maximum absolute atomic E-state index is 12.2. The molecule has 1 aromatic carbocycles. The van der Waals surface area contributed by atoms with Crippen molar-refractivity contribution < 1.29 is 17.9 Å². The summed E-state index contributed by atoms with van der Waals surface area (Å²) in [5.74, 6) is 0.245. The molecule has 0 N–H and O–H groups in total. The zero-order valence-corrected chi connectivity index (χ0v) is 12.3. The Bertz CT molecular complexity index is 679. The molecule has 1 aliphatic rings. The number of nitrogens with zero attached hydrogens (tertiary/aromatic N) is 2. The molecule has 0 spiro atoms. The minimum atomic E-state index is -4.32. The average Bonchev–Trinajstić information content (AvgIpc) is 2.92. The van der Waals surface area contributed by atoms with Crippen LogP contribution in [-0.2, 0) is 6.42 Å². The highest BCUT2D eigenvalue weighted by Crippen LogP contribution is 2.42. The van der Waals surface area contributed by atoms with Crippen molar-refractivity contribution in [3.05, 3.63) is 28.6 Å². The summed E-state index contributed by atoms with van der Waals surface area (Å²) in [6.45, 7) is -1.27. The van der Waals surface area contributed by atoms with Crippen LogP contribution in [-0.4, -0.2) is 31.9 Å². The van der Waals surface area contributed by atoms with Crippen molar-refractivity contribution in [3.8, 4) is 17.0 Å². The molecular formula is C14H13F3N2OS. The van der Waals surface area contributed by atoms with Crippen molar-refractivity contribution in [1.29, 1.82) is 0 Å². The first-order valence-corrected chi connectivity index (χ1v) is 7.15. The van der Waals surface area contributed by atoms with E-state index in [9.17, 15) is 13.2 Å². The fraction of sp³-hybridized carbons (Fsp3) is 0.357. The van der Waals surface area contributed by atoms with E-state index in [1.807, 2.05) is 19.0 Å². The van der Waals surface area contributed by atoms with Gasteiger partial charge in [0, 0.05) is 31.0 Å². The minimum Gasteiger partial charge on any atom is -0.484 e. The molecule has 0 bridgehead atoms. The Morgan fingerprint density at radius 1 is 1.33 bits per heavy atom. The predicted molar refractivity (Wildman–Crippen MR) is 76.2 cm³/mol. The fourth-order valence-corrected chi connectivity index (χ4v) is 3.26. The second kappa shape index (κ2) is 4.91. The van der Waals surface area contributed by atoms with Gasteiger partial charge in [-0.3, -0.25) is 0 Å². The first kappa shape index (κ1) is 14.2. The number of anilines is 1.